The van der Waals surface area contributed by atoms with Gasteiger partial charge in [-0.25, -0.2) is 0 Å². The Labute approximate surface area is 92.4 Å². The van der Waals surface area contributed by atoms with E-state index in [1.54, 1.807) is 0 Å². The van der Waals surface area contributed by atoms with E-state index >= 15 is 0 Å². The van der Waals surface area contributed by atoms with Crippen molar-refractivity contribution in [2.24, 2.45) is 0 Å². The van der Waals surface area contributed by atoms with Gasteiger partial charge in [0, 0.05) is 12.1 Å². The summed E-state index contributed by atoms with van der Waals surface area (Å²) in [6, 6.07) is 0.746. The maximum Gasteiger partial charge on any atom is 0.234 e. The molecule has 1 aliphatic rings. The summed E-state index contributed by atoms with van der Waals surface area (Å²) in [6.45, 7) is 6.70. The minimum absolute atomic E-state index is 0.123. The van der Waals surface area contributed by atoms with Crippen LogP contribution in [0.5, 0.6) is 0 Å². The first-order valence-corrected chi connectivity index (χ1v) is 5.79. The summed E-state index contributed by atoms with van der Waals surface area (Å²) >= 11 is 0. The fourth-order valence-electron chi connectivity index (χ4n) is 1.73. The first-order valence-electron chi connectivity index (χ1n) is 5.79. The van der Waals surface area contributed by atoms with Crippen LogP contribution in [0.3, 0.4) is 0 Å². The van der Waals surface area contributed by atoms with Crippen LogP contribution in [0.4, 0.5) is 0 Å². The van der Waals surface area contributed by atoms with Crippen LogP contribution in [-0.2, 0) is 4.79 Å². The topological polar surface area (TPSA) is 44.4 Å². The highest BCUT2D eigenvalue weighted by molar-refractivity contribution is 5.78. The molecule has 1 saturated heterocycles. The van der Waals surface area contributed by atoms with Gasteiger partial charge in [0.15, 0.2) is 0 Å². The number of carbonyl (C=O) groups is 1. The number of likely N-dealkylation sites (tertiary alicyclic amines) is 1. The van der Waals surface area contributed by atoms with Gasteiger partial charge < -0.3 is 15.5 Å². The van der Waals surface area contributed by atoms with Crippen LogP contribution in [0.1, 0.15) is 26.7 Å². The largest absolute Gasteiger partial charge is 0.352 e. The number of piperidine rings is 1. The lowest BCUT2D eigenvalue weighted by atomic mass is 10.1. The Morgan fingerprint density at radius 1 is 1.40 bits per heavy atom. The molecule has 15 heavy (non-hydrogen) atoms. The minimum atomic E-state index is 0.123. The zero-order valence-electron chi connectivity index (χ0n) is 10.0. The third kappa shape index (κ3) is 5.14. The maximum absolute atomic E-state index is 11.5. The van der Waals surface area contributed by atoms with Crippen molar-refractivity contribution in [2.45, 2.75) is 38.8 Å². The highest BCUT2D eigenvalue weighted by Gasteiger charge is 2.17. The van der Waals surface area contributed by atoms with Crippen molar-refractivity contribution in [3.63, 3.8) is 0 Å². The number of amides is 1. The normalized spacial score (nSPS) is 19.5. The van der Waals surface area contributed by atoms with E-state index in [1.807, 2.05) is 13.8 Å². The second-order valence-corrected chi connectivity index (χ2v) is 4.68. The molecule has 0 radical (unpaired) electrons. The Hall–Kier alpha value is -0.610. The van der Waals surface area contributed by atoms with Crippen LogP contribution in [0.15, 0.2) is 0 Å². The van der Waals surface area contributed by atoms with Gasteiger partial charge in [-0.15, -0.1) is 0 Å². The predicted molar refractivity (Wildman–Crippen MR) is 61.8 cm³/mol. The van der Waals surface area contributed by atoms with E-state index in [9.17, 15) is 4.79 Å². The summed E-state index contributed by atoms with van der Waals surface area (Å²) in [5, 5.41) is 6.19. The summed E-state index contributed by atoms with van der Waals surface area (Å²) in [4.78, 5) is 13.8. The lowest BCUT2D eigenvalue weighted by Crippen LogP contribution is -2.46. The average Bonchev–Trinajstić information content (AvgIpc) is 2.19. The molecule has 0 aromatic carbocycles. The molecule has 2 N–H and O–H groups in total. The van der Waals surface area contributed by atoms with Crippen molar-refractivity contribution >= 4 is 5.91 Å². The Morgan fingerprint density at radius 2 is 2.00 bits per heavy atom. The van der Waals surface area contributed by atoms with Crippen molar-refractivity contribution in [3.8, 4) is 0 Å². The van der Waals surface area contributed by atoms with Gasteiger partial charge in [0.2, 0.25) is 5.91 Å². The summed E-state index contributed by atoms with van der Waals surface area (Å²) in [5.41, 5.74) is 0. The van der Waals surface area contributed by atoms with Crippen molar-refractivity contribution in [1.29, 1.82) is 0 Å². The molecular weight excluding hydrogens is 190 g/mol. The van der Waals surface area contributed by atoms with E-state index in [4.69, 9.17) is 0 Å². The average molecular weight is 213 g/mol. The Bertz CT molecular complexity index is 198. The molecular formula is C11H23N3O. The lowest BCUT2D eigenvalue weighted by molar-refractivity contribution is -0.121. The molecule has 1 aliphatic heterocycles. The minimum Gasteiger partial charge on any atom is -0.352 e. The fraction of sp³-hybridized carbons (Fsp3) is 0.909. The van der Waals surface area contributed by atoms with Crippen LogP contribution in [0.2, 0.25) is 0 Å². The molecule has 4 heteroatoms. The molecule has 0 aliphatic carbocycles. The number of hydrogen-bond donors (Lipinski definition) is 2. The van der Waals surface area contributed by atoms with Crippen molar-refractivity contribution < 1.29 is 4.79 Å². The molecule has 0 bridgehead atoms. The summed E-state index contributed by atoms with van der Waals surface area (Å²) in [5.74, 6) is 0.123. The van der Waals surface area contributed by atoms with E-state index in [1.165, 1.54) is 0 Å². The lowest BCUT2D eigenvalue weighted by Gasteiger charge is -2.29. The van der Waals surface area contributed by atoms with Gasteiger partial charge in [0.25, 0.3) is 0 Å². The second-order valence-electron chi connectivity index (χ2n) is 4.68. The van der Waals surface area contributed by atoms with Crippen LogP contribution in [0, 0.1) is 0 Å². The van der Waals surface area contributed by atoms with Crippen LogP contribution < -0.4 is 10.6 Å². The molecule has 88 valence electrons. The zero-order chi connectivity index (χ0) is 11.3. The molecule has 1 heterocycles. The Kier molecular flexibility index (Phi) is 5.05. The molecule has 0 saturated carbocycles. The van der Waals surface area contributed by atoms with Gasteiger partial charge in [-0.3, -0.25) is 4.79 Å². The van der Waals surface area contributed by atoms with E-state index in [0.717, 1.165) is 25.9 Å². The van der Waals surface area contributed by atoms with E-state index in [2.05, 4.69) is 22.6 Å². The highest BCUT2D eigenvalue weighted by atomic mass is 16.1. The van der Waals surface area contributed by atoms with E-state index in [-0.39, 0.29) is 5.91 Å². The molecule has 1 fully saturated rings. The number of rotatable bonds is 4. The van der Waals surface area contributed by atoms with Crippen LogP contribution >= 0.6 is 0 Å². The monoisotopic (exact) mass is 213 g/mol. The molecule has 4 nitrogen and oxygen atoms in total. The quantitative estimate of drug-likeness (QED) is 0.701. The van der Waals surface area contributed by atoms with Crippen molar-refractivity contribution in [3.05, 3.63) is 0 Å². The SMILES string of the molecule is CC(C)NCC(=O)NC1CCN(C)CC1. The standard InChI is InChI=1S/C11H23N3O/c1-9(2)12-8-11(15)13-10-4-6-14(3)7-5-10/h9-10,12H,4-8H2,1-3H3,(H,13,15). The first kappa shape index (κ1) is 12.5. The predicted octanol–water partition coefficient (Wildman–Crippen LogP) is 0.195. The van der Waals surface area contributed by atoms with Crippen molar-refractivity contribution in [2.75, 3.05) is 26.7 Å². The molecule has 0 spiro atoms. The van der Waals surface area contributed by atoms with Gasteiger partial charge in [0.1, 0.15) is 0 Å². The molecule has 0 unspecified atom stereocenters. The Balaban J connectivity index is 2.15. The van der Waals surface area contributed by atoms with Crippen LogP contribution in [0.25, 0.3) is 0 Å². The number of hydrogen-bond acceptors (Lipinski definition) is 3. The maximum atomic E-state index is 11.5. The summed E-state index contributed by atoms with van der Waals surface area (Å²) < 4.78 is 0. The van der Waals surface area contributed by atoms with E-state index < -0.39 is 0 Å². The smallest absolute Gasteiger partial charge is 0.234 e. The zero-order valence-corrected chi connectivity index (χ0v) is 10.0. The Morgan fingerprint density at radius 3 is 2.53 bits per heavy atom. The second kappa shape index (κ2) is 6.08. The van der Waals surface area contributed by atoms with Gasteiger partial charge in [-0.1, -0.05) is 13.8 Å². The summed E-state index contributed by atoms with van der Waals surface area (Å²) in [7, 11) is 2.12. The fourth-order valence-corrected chi connectivity index (χ4v) is 1.73. The van der Waals surface area contributed by atoms with Gasteiger partial charge in [0.05, 0.1) is 6.54 Å². The third-order valence-corrected chi connectivity index (χ3v) is 2.75. The van der Waals surface area contributed by atoms with Crippen LogP contribution in [-0.4, -0.2) is 49.6 Å². The summed E-state index contributed by atoms with van der Waals surface area (Å²) in [6.07, 6.45) is 2.15. The van der Waals surface area contributed by atoms with Gasteiger partial charge in [-0.2, -0.15) is 0 Å². The number of nitrogens with zero attached hydrogens (tertiary/aromatic N) is 1. The van der Waals surface area contributed by atoms with Gasteiger partial charge in [-0.05, 0) is 33.0 Å². The molecule has 0 atom stereocenters. The van der Waals surface area contributed by atoms with Gasteiger partial charge >= 0.3 is 0 Å². The highest BCUT2D eigenvalue weighted by Crippen LogP contribution is 2.07. The first-order chi connectivity index (χ1) is 7.08. The molecule has 0 aromatic heterocycles. The van der Waals surface area contributed by atoms with E-state index in [0.29, 0.717) is 18.6 Å². The third-order valence-electron chi connectivity index (χ3n) is 2.75. The molecule has 0 aromatic rings. The number of carbonyl (C=O) groups excluding carboxylic acids is 1. The number of nitrogens with one attached hydrogen (secondary N) is 2. The molecule has 1 amide bonds. The van der Waals surface area contributed by atoms with Crippen molar-refractivity contribution in [1.82, 2.24) is 15.5 Å². The molecule has 1 rings (SSSR count).